The predicted octanol–water partition coefficient (Wildman–Crippen LogP) is 8.44. The van der Waals surface area contributed by atoms with Crippen LogP contribution in [0.2, 0.25) is 0 Å². The van der Waals surface area contributed by atoms with Gasteiger partial charge in [0.2, 0.25) is 0 Å². The Hall–Kier alpha value is -1.75. The van der Waals surface area contributed by atoms with Crippen LogP contribution < -0.4 is 14.8 Å². The number of benzene rings is 2. The first kappa shape index (κ1) is 26.9. The lowest BCUT2D eigenvalue weighted by atomic mass is 9.99. The lowest BCUT2D eigenvalue weighted by Crippen LogP contribution is -2.27. The van der Waals surface area contributed by atoms with Crippen molar-refractivity contribution in [2.24, 2.45) is 0 Å². The lowest BCUT2D eigenvalue weighted by Gasteiger charge is -2.40. The van der Waals surface area contributed by atoms with Crippen molar-refractivity contribution >= 4 is 20.5 Å². The van der Waals surface area contributed by atoms with Gasteiger partial charge in [0.05, 0.1) is 14.2 Å². The van der Waals surface area contributed by atoms with E-state index in [1.165, 1.54) is 75.3 Å². The van der Waals surface area contributed by atoms with Crippen molar-refractivity contribution in [3.05, 3.63) is 42.5 Å². The molecule has 2 aromatic carbocycles. The lowest BCUT2D eigenvalue weighted by molar-refractivity contribution is 0.368. The largest absolute Gasteiger partial charge is 0.673 e. The molecule has 0 atom stereocenters. The summed E-state index contributed by atoms with van der Waals surface area (Å²) in [7, 11) is -2.63. The molecule has 2 fully saturated rings. The number of para-hydroxylation sites is 1. The molecule has 0 spiro atoms. The first-order chi connectivity index (χ1) is 16.3. The van der Waals surface area contributed by atoms with Crippen molar-refractivity contribution < 1.29 is 26.7 Å². The van der Waals surface area contributed by atoms with Gasteiger partial charge in [-0.1, -0.05) is 76.8 Å². The van der Waals surface area contributed by atoms with Gasteiger partial charge in [-0.15, -0.1) is 0 Å². The van der Waals surface area contributed by atoms with Gasteiger partial charge in [-0.2, -0.15) is 0 Å². The summed E-state index contributed by atoms with van der Waals surface area (Å²) >= 11 is 0. The number of rotatable bonds is 6. The molecule has 2 aliphatic rings. The zero-order valence-electron chi connectivity index (χ0n) is 20.1. The Labute approximate surface area is 202 Å². The first-order valence-corrected chi connectivity index (χ1v) is 13.8. The molecule has 0 heterocycles. The number of hydrogen-bond donors (Lipinski definition) is 0. The van der Waals surface area contributed by atoms with Crippen LogP contribution in [0.4, 0.5) is 17.3 Å². The molecular formula is C26H35BF4O2P-. The molecule has 0 unspecified atom stereocenters. The molecule has 188 valence electrons. The Kier molecular flexibility index (Phi) is 10.1. The summed E-state index contributed by atoms with van der Waals surface area (Å²) in [6.45, 7) is 0. The Bertz CT molecular complexity index is 873. The molecule has 0 N–H and O–H groups in total. The average molecular weight is 497 g/mol. The van der Waals surface area contributed by atoms with E-state index in [0.717, 1.165) is 22.8 Å². The van der Waals surface area contributed by atoms with Gasteiger partial charge in [-0.3, -0.25) is 0 Å². The fraction of sp³-hybridized carbons (Fsp3) is 0.538. The zero-order valence-corrected chi connectivity index (χ0v) is 21.0. The van der Waals surface area contributed by atoms with Crippen LogP contribution in [-0.4, -0.2) is 32.8 Å². The number of methoxy groups -OCH3 is 2. The molecule has 8 heteroatoms. The van der Waals surface area contributed by atoms with Gasteiger partial charge in [0.15, 0.2) is 0 Å². The smallest absolute Gasteiger partial charge is 0.496 e. The Morgan fingerprint density at radius 3 is 1.65 bits per heavy atom. The second kappa shape index (κ2) is 12.8. The number of hydrogen-bond acceptors (Lipinski definition) is 2. The summed E-state index contributed by atoms with van der Waals surface area (Å²) in [5, 5.41) is 1.56. The van der Waals surface area contributed by atoms with Crippen molar-refractivity contribution in [3.8, 4) is 22.6 Å². The van der Waals surface area contributed by atoms with Crippen LogP contribution in [0.15, 0.2) is 42.5 Å². The Balaban J connectivity index is 0.000000588. The maximum absolute atomic E-state index is 9.75. The van der Waals surface area contributed by atoms with Gasteiger partial charge in [-0.05, 0) is 54.4 Å². The first-order valence-electron chi connectivity index (χ1n) is 12.3. The van der Waals surface area contributed by atoms with E-state index < -0.39 is 7.25 Å². The van der Waals surface area contributed by atoms with E-state index >= 15 is 0 Å². The minimum atomic E-state index is -6.00. The molecule has 0 saturated heterocycles. The van der Waals surface area contributed by atoms with Crippen LogP contribution >= 0.6 is 7.92 Å². The number of ether oxygens (including phenoxy) is 2. The minimum Gasteiger partial charge on any atom is -0.496 e. The monoisotopic (exact) mass is 497 g/mol. The maximum Gasteiger partial charge on any atom is 0.673 e. The quantitative estimate of drug-likeness (QED) is 0.227. The third-order valence-corrected chi connectivity index (χ3v) is 10.4. The molecule has 2 aromatic rings. The van der Waals surface area contributed by atoms with Crippen molar-refractivity contribution in [2.45, 2.75) is 75.5 Å². The van der Waals surface area contributed by atoms with Gasteiger partial charge < -0.3 is 26.7 Å². The van der Waals surface area contributed by atoms with Crippen LogP contribution in [0.3, 0.4) is 0 Å². The fourth-order valence-corrected chi connectivity index (χ4v) is 9.41. The van der Waals surface area contributed by atoms with Gasteiger partial charge in [0.25, 0.3) is 0 Å². The normalized spacial score (nSPS) is 17.7. The minimum absolute atomic E-state index is 0.211. The Morgan fingerprint density at radius 1 is 0.676 bits per heavy atom. The standard InChI is InChI=1S/C26H35O2P.BF4/c1-27-23-17-10-9-16-22(23)26-24(28-2)18-11-19-25(26)29(20-12-5-3-6-13-20)21-14-7-4-8-15-21;2-1(3,4)5/h9-11,16-21H,3-8,12-15H2,1-2H3;/q;-1. The van der Waals surface area contributed by atoms with Crippen LogP contribution in [0.25, 0.3) is 11.1 Å². The van der Waals surface area contributed by atoms with Crippen molar-refractivity contribution in [1.29, 1.82) is 0 Å². The van der Waals surface area contributed by atoms with Crippen molar-refractivity contribution in [3.63, 3.8) is 0 Å². The van der Waals surface area contributed by atoms with E-state index in [9.17, 15) is 17.3 Å². The van der Waals surface area contributed by atoms with E-state index in [1.54, 1.807) is 12.4 Å². The molecule has 0 bridgehead atoms. The van der Waals surface area contributed by atoms with Crippen LogP contribution in [0.1, 0.15) is 64.2 Å². The Morgan fingerprint density at radius 2 is 1.15 bits per heavy atom. The molecule has 2 nitrogen and oxygen atoms in total. The molecule has 4 rings (SSSR count). The molecule has 2 aliphatic carbocycles. The topological polar surface area (TPSA) is 18.5 Å². The summed E-state index contributed by atoms with van der Waals surface area (Å²) in [6, 6.07) is 15.2. The summed E-state index contributed by atoms with van der Waals surface area (Å²) in [6.07, 6.45) is 14.1. The molecule has 2 saturated carbocycles. The average Bonchev–Trinajstić information content (AvgIpc) is 2.84. The van der Waals surface area contributed by atoms with Gasteiger partial charge in [0.1, 0.15) is 11.5 Å². The highest BCUT2D eigenvalue weighted by atomic mass is 31.1. The van der Waals surface area contributed by atoms with E-state index in [0.29, 0.717) is 0 Å². The van der Waals surface area contributed by atoms with E-state index in [1.807, 2.05) is 7.11 Å². The van der Waals surface area contributed by atoms with Crippen molar-refractivity contribution in [2.75, 3.05) is 14.2 Å². The van der Waals surface area contributed by atoms with Gasteiger partial charge >= 0.3 is 7.25 Å². The highest BCUT2D eigenvalue weighted by Crippen LogP contribution is 2.57. The molecule has 0 aromatic heterocycles. The SMILES string of the molecule is COc1ccccc1-c1c(OC)cccc1P(C1CCCCC1)C1CCCCC1.F[B-](F)(F)F. The van der Waals surface area contributed by atoms with E-state index in [2.05, 4.69) is 42.5 Å². The van der Waals surface area contributed by atoms with E-state index in [-0.39, 0.29) is 7.92 Å². The summed E-state index contributed by atoms with van der Waals surface area (Å²) < 4.78 is 50.7. The van der Waals surface area contributed by atoms with Crippen LogP contribution in [0.5, 0.6) is 11.5 Å². The fourth-order valence-electron chi connectivity index (χ4n) is 5.44. The van der Waals surface area contributed by atoms with Crippen LogP contribution in [0, 0.1) is 0 Å². The summed E-state index contributed by atoms with van der Waals surface area (Å²) in [4.78, 5) is 0. The van der Waals surface area contributed by atoms with Crippen LogP contribution in [-0.2, 0) is 0 Å². The molecular weight excluding hydrogens is 462 g/mol. The molecule has 34 heavy (non-hydrogen) atoms. The maximum atomic E-state index is 9.75. The molecule has 0 radical (unpaired) electrons. The third-order valence-electron chi connectivity index (χ3n) is 6.81. The zero-order chi connectivity index (χ0) is 24.6. The number of halogens is 4. The molecule has 0 amide bonds. The second-order valence-corrected chi connectivity index (χ2v) is 11.8. The predicted molar refractivity (Wildman–Crippen MR) is 135 cm³/mol. The summed E-state index contributed by atoms with van der Waals surface area (Å²) in [5.41, 5.74) is 4.20. The van der Waals surface area contributed by atoms with Gasteiger partial charge in [-0.25, -0.2) is 0 Å². The second-order valence-electron chi connectivity index (χ2n) is 9.04. The van der Waals surface area contributed by atoms with Crippen molar-refractivity contribution in [1.82, 2.24) is 0 Å². The highest BCUT2D eigenvalue weighted by Gasteiger charge is 2.34. The third kappa shape index (κ3) is 7.37. The molecule has 0 aliphatic heterocycles. The van der Waals surface area contributed by atoms with E-state index in [4.69, 9.17) is 9.47 Å². The summed E-state index contributed by atoms with van der Waals surface area (Å²) in [5.74, 6) is 1.94. The van der Waals surface area contributed by atoms with Gasteiger partial charge in [0, 0.05) is 11.1 Å². The highest BCUT2D eigenvalue weighted by molar-refractivity contribution is 7.67.